The number of nitrogens with one attached hydrogen (secondary N) is 1. The molecule has 27 heavy (non-hydrogen) atoms. The van der Waals surface area contributed by atoms with Crippen LogP contribution < -0.4 is 14.8 Å². The summed E-state index contributed by atoms with van der Waals surface area (Å²) in [5.74, 6) is 1.52. The summed E-state index contributed by atoms with van der Waals surface area (Å²) < 4.78 is 13.4. The fourth-order valence-corrected chi connectivity index (χ4v) is 3.41. The number of hydrogen-bond acceptors (Lipinski definition) is 6. The van der Waals surface area contributed by atoms with Crippen LogP contribution in [0.15, 0.2) is 18.3 Å². The van der Waals surface area contributed by atoms with Crippen LogP contribution in [-0.2, 0) is 24.9 Å². The van der Waals surface area contributed by atoms with E-state index in [2.05, 4.69) is 20.3 Å². The molecule has 1 aliphatic heterocycles. The Morgan fingerprint density at radius 2 is 2.26 bits per heavy atom. The molecule has 0 saturated carbocycles. The topological polar surface area (TPSA) is 81.5 Å². The lowest BCUT2D eigenvalue weighted by molar-refractivity contribution is -0.119. The van der Waals surface area contributed by atoms with Crippen LogP contribution in [0.4, 0.5) is 0 Å². The Balaban J connectivity index is 1.57. The number of nitrogens with zero attached hydrogens (tertiary/aromatic N) is 4. The molecule has 3 rings (SSSR count). The summed E-state index contributed by atoms with van der Waals surface area (Å²) in [6.07, 6.45) is 2.80. The van der Waals surface area contributed by atoms with Gasteiger partial charge in [0, 0.05) is 45.9 Å². The molecule has 3 heterocycles. The van der Waals surface area contributed by atoms with Crippen molar-refractivity contribution in [2.75, 3.05) is 20.2 Å². The zero-order chi connectivity index (χ0) is 19.4. The molecule has 1 atom stereocenters. The van der Waals surface area contributed by atoms with Crippen LogP contribution in [0, 0.1) is 6.92 Å². The van der Waals surface area contributed by atoms with Crippen molar-refractivity contribution in [3.8, 4) is 11.6 Å². The summed E-state index contributed by atoms with van der Waals surface area (Å²) in [7, 11) is 3.57. The summed E-state index contributed by atoms with van der Waals surface area (Å²) in [6.45, 7) is 6.52. The van der Waals surface area contributed by atoms with Crippen LogP contribution in [0.3, 0.4) is 0 Å². The SMILES string of the molecule is COc1c(CN2CCC(Oc3ccnc(CNC(C)=O)c3)C2)c(C)nn1C. The summed E-state index contributed by atoms with van der Waals surface area (Å²) in [5.41, 5.74) is 2.91. The first-order chi connectivity index (χ1) is 13.0. The number of rotatable bonds is 7. The van der Waals surface area contributed by atoms with Crippen LogP contribution in [0.25, 0.3) is 0 Å². The van der Waals surface area contributed by atoms with E-state index < -0.39 is 0 Å². The van der Waals surface area contributed by atoms with Crippen molar-refractivity contribution < 1.29 is 14.3 Å². The average molecular weight is 373 g/mol. The zero-order valence-corrected chi connectivity index (χ0v) is 16.4. The molecule has 2 aromatic rings. The predicted molar refractivity (Wildman–Crippen MR) is 101 cm³/mol. The lowest BCUT2D eigenvalue weighted by Gasteiger charge is -2.17. The third-order valence-corrected chi connectivity index (χ3v) is 4.70. The van der Waals surface area contributed by atoms with Gasteiger partial charge in [0.15, 0.2) is 0 Å². The molecule has 2 aromatic heterocycles. The highest BCUT2D eigenvalue weighted by Crippen LogP contribution is 2.26. The molecule has 0 aromatic carbocycles. The Hall–Kier alpha value is -2.61. The van der Waals surface area contributed by atoms with E-state index in [0.717, 1.165) is 54.6 Å². The summed E-state index contributed by atoms with van der Waals surface area (Å²) in [5, 5.41) is 7.20. The Labute approximate surface area is 159 Å². The minimum Gasteiger partial charge on any atom is -0.489 e. The molecule has 8 nitrogen and oxygen atoms in total. The minimum absolute atomic E-state index is 0.0734. The van der Waals surface area contributed by atoms with E-state index >= 15 is 0 Å². The van der Waals surface area contributed by atoms with E-state index in [1.807, 2.05) is 26.1 Å². The molecule has 1 N–H and O–H groups in total. The van der Waals surface area contributed by atoms with Crippen molar-refractivity contribution in [3.63, 3.8) is 0 Å². The van der Waals surface area contributed by atoms with Gasteiger partial charge >= 0.3 is 0 Å². The lowest BCUT2D eigenvalue weighted by atomic mass is 10.2. The first kappa shape index (κ1) is 19.2. The highest BCUT2D eigenvalue weighted by molar-refractivity contribution is 5.72. The van der Waals surface area contributed by atoms with Gasteiger partial charge in [0.25, 0.3) is 0 Å². The number of likely N-dealkylation sites (tertiary alicyclic amines) is 1. The van der Waals surface area contributed by atoms with Gasteiger partial charge in [-0.05, 0) is 19.4 Å². The summed E-state index contributed by atoms with van der Waals surface area (Å²) in [6, 6.07) is 3.74. The molecule has 0 bridgehead atoms. The Morgan fingerprint density at radius 1 is 1.44 bits per heavy atom. The van der Waals surface area contributed by atoms with Crippen molar-refractivity contribution in [1.82, 2.24) is 25.0 Å². The standard InChI is InChI=1S/C19H27N5O3/c1-13-18(19(26-4)23(3)22-13)12-24-8-6-17(11-24)27-16-5-7-20-15(9-16)10-21-14(2)25/h5,7,9,17H,6,8,10-12H2,1-4H3,(H,21,25). The molecular formula is C19H27N5O3. The molecule has 1 fully saturated rings. The predicted octanol–water partition coefficient (Wildman–Crippen LogP) is 1.42. The summed E-state index contributed by atoms with van der Waals surface area (Å²) in [4.78, 5) is 17.7. The fourth-order valence-electron chi connectivity index (χ4n) is 3.41. The minimum atomic E-state index is -0.0734. The van der Waals surface area contributed by atoms with Crippen LogP contribution in [0.1, 0.15) is 30.3 Å². The summed E-state index contributed by atoms with van der Waals surface area (Å²) >= 11 is 0. The third kappa shape index (κ3) is 4.77. The van der Waals surface area contributed by atoms with Gasteiger partial charge in [0.2, 0.25) is 11.8 Å². The molecule has 1 amide bonds. The maximum absolute atomic E-state index is 11.0. The number of aryl methyl sites for hydroxylation is 2. The van der Waals surface area contributed by atoms with Gasteiger partial charge in [-0.3, -0.25) is 14.7 Å². The van der Waals surface area contributed by atoms with Crippen LogP contribution in [0.5, 0.6) is 11.6 Å². The van der Waals surface area contributed by atoms with Gasteiger partial charge in [0.1, 0.15) is 11.9 Å². The Bertz CT molecular complexity index is 805. The lowest BCUT2D eigenvalue weighted by Crippen LogP contribution is -2.25. The van der Waals surface area contributed by atoms with Gasteiger partial charge in [-0.25, -0.2) is 4.68 Å². The molecule has 1 saturated heterocycles. The number of pyridine rings is 1. The van der Waals surface area contributed by atoms with E-state index in [4.69, 9.17) is 9.47 Å². The van der Waals surface area contributed by atoms with Crippen LogP contribution in [0.2, 0.25) is 0 Å². The second kappa shape index (κ2) is 8.39. The Morgan fingerprint density at radius 3 is 3.00 bits per heavy atom. The molecule has 0 spiro atoms. The van der Waals surface area contributed by atoms with Crippen molar-refractivity contribution in [3.05, 3.63) is 35.3 Å². The number of methoxy groups -OCH3 is 1. The van der Waals surface area contributed by atoms with E-state index in [9.17, 15) is 4.79 Å². The first-order valence-electron chi connectivity index (χ1n) is 9.11. The van der Waals surface area contributed by atoms with E-state index in [1.54, 1.807) is 18.0 Å². The quantitative estimate of drug-likeness (QED) is 0.791. The fraction of sp³-hybridized carbons (Fsp3) is 0.526. The number of aromatic nitrogens is 3. The van der Waals surface area contributed by atoms with Gasteiger partial charge in [-0.2, -0.15) is 5.10 Å². The molecule has 1 unspecified atom stereocenters. The molecule has 0 radical (unpaired) electrons. The maximum atomic E-state index is 11.0. The van der Waals surface area contributed by atoms with Crippen molar-refractivity contribution in [2.24, 2.45) is 7.05 Å². The number of carbonyl (C=O) groups excluding carboxylic acids is 1. The van der Waals surface area contributed by atoms with Crippen molar-refractivity contribution in [2.45, 2.75) is 39.5 Å². The molecule has 146 valence electrons. The van der Waals surface area contributed by atoms with E-state index in [1.165, 1.54) is 6.92 Å². The van der Waals surface area contributed by atoms with Gasteiger partial charge in [0.05, 0.1) is 30.6 Å². The van der Waals surface area contributed by atoms with Gasteiger partial charge in [-0.15, -0.1) is 0 Å². The largest absolute Gasteiger partial charge is 0.489 e. The second-order valence-corrected chi connectivity index (χ2v) is 6.85. The van der Waals surface area contributed by atoms with Crippen LogP contribution in [-0.4, -0.2) is 51.9 Å². The Kier molecular flexibility index (Phi) is 5.95. The molecule has 1 aliphatic rings. The third-order valence-electron chi connectivity index (χ3n) is 4.70. The molecule has 0 aliphatic carbocycles. The van der Waals surface area contributed by atoms with E-state index in [-0.39, 0.29) is 12.0 Å². The van der Waals surface area contributed by atoms with Gasteiger partial charge in [-0.1, -0.05) is 0 Å². The van der Waals surface area contributed by atoms with Gasteiger partial charge < -0.3 is 14.8 Å². The van der Waals surface area contributed by atoms with Crippen molar-refractivity contribution in [1.29, 1.82) is 0 Å². The molecule has 8 heteroatoms. The smallest absolute Gasteiger partial charge is 0.217 e. The number of ether oxygens (including phenoxy) is 2. The first-order valence-corrected chi connectivity index (χ1v) is 9.11. The molecular weight excluding hydrogens is 346 g/mol. The number of carbonyl (C=O) groups is 1. The normalized spacial score (nSPS) is 17.1. The maximum Gasteiger partial charge on any atom is 0.217 e. The highest BCUT2D eigenvalue weighted by atomic mass is 16.5. The van der Waals surface area contributed by atoms with E-state index in [0.29, 0.717) is 6.54 Å². The highest BCUT2D eigenvalue weighted by Gasteiger charge is 2.26. The second-order valence-electron chi connectivity index (χ2n) is 6.85. The van der Waals surface area contributed by atoms with Crippen LogP contribution >= 0.6 is 0 Å². The number of amides is 1. The number of hydrogen-bond donors (Lipinski definition) is 1. The monoisotopic (exact) mass is 373 g/mol. The zero-order valence-electron chi connectivity index (χ0n) is 16.4. The average Bonchev–Trinajstić information content (AvgIpc) is 3.17. The van der Waals surface area contributed by atoms with Crippen molar-refractivity contribution >= 4 is 5.91 Å².